The number of aliphatic hydroxyl groups is 2. The van der Waals surface area contributed by atoms with Crippen molar-refractivity contribution in [3.05, 3.63) is 47.2 Å². The lowest BCUT2D eigenvalue weighted by atomic mass is 9.89. The van der Waals surface area contributed by atoms with Gasteiger partial charge in [0.05, 0.1) is 16.7 Å². The minimum absolute atomic E-state index is 0.121. The lowest BCUT2D eigenvalue weighted by Crippen LogP contribution is -2.59. The maximum absolute atomic E-state index is 15.4. The van der Waals surface area contributed by atoms with Gasteiger partial charge in [-0.1, -0.05) is 17.8 Å². The van der Waals surface area contributed by atoms with Crippen molar-refractivity contribution in [3.8, 4) is 11.6 Å². The maximum atomic E-state index is 15.4. The molecule has 2 saturated heterocycles. The van der Waals surface area contributed by atoms with Gasteiger partial charge in [0.1, 0.15) is 5.82 Å². The van der Waals surface area contributed by atoms with Gasteiger partial charge < -0.3 is 28.7 Å². The van der Waals surface area contributed by atoms with E-state index in [9.17, 15) is 33.0 Å². The van der Waals surface area contributed by atoms with Crippen LogP contribution in [0.4, 0.5) is 17.6 Å². The van der Waals surface area contributed by atoms with Gasteiger partial charge in [0.15, 0.2) is 29.5 Å². The van der Waals surface area contributed by atoms with Crippen LogP contribution in [0.25, 0.3) is 11.6 Å². The van der Waals surface area contributed by atoms with Gasteiger partial charge in [-0.15, -0.1) is 10.2 Å². The van der Waals surface area contributed by atoms with E-state index in [0.29, 0.717) is 46.7 Å². The van der Waals surface area contributed by atoms with E-state index in [2.05, 4.69) is 15.2 Å². The maximum Gasteiger partial charge on any atom is 0.416 e. The van der Waals surface area contributed by atoms with Crippen LogP contribution in [0.15, 0.2) is 34.2 Å². The van der Waals surface area contributed by atoms with Crippen molar-refractivity contribution < 1.29 is 51.3 Å². The second kappa shape index (κ2) is 10.3. The summed E-state index contributed by atoms with van der Waals surface area (Å²) in [7, 11) is 1.76. The number of esters is 2. The highest BCUT2D eigenvalue weighted by molar-refractivity contribution is 7.99. The van der Waals surface area contributed by atoms with Crippen molar-refractivity contribution in [2.75, 3.05) is 18.8 Å². The van der Waals surface area contributed by atoms with E-state index in [1.165, 1.54) is 23.1 Å². The number of nitrogens with zero attached hydrogens (tertiary/aromatic N) is 5. The molecule has 43 heavy (non-hydrogen) atoms. The molecule has 3 aromatic rings. The van der Waals surface area contributed by atoms with Crippen LogP contribution in [0, 0.1) is 18.7 Å². The number of aromatic nitrogens is 4. The highest BCUT2D eigenvalue weighted by Gasteiger charge is 2.81. The summed E-state index contributed by atoms with van der Waals surface area (Å²) < 4.78 is 73.4. The Labute approximate surface area is 245 Å². The summed E-state index contributed by atoms with van der Waals surface area (Å²) in [5, 5.41) is 29.2. The Morgan fingerprint density at radius 1 is 1.14 bits per heavy atom. The van der Waals surface area contributed by atoms with Crippen molar-refractivity contribution in [2.45, 2.75) is 54.6 Å². The molecule has 230 valence electrons. The van der Waals surface area contributed by atoms with Crippen molar-refractivity contribution >= 4 is 23.7 Å². The standard InChI is InChI=1S/C26H25F4N5O7S/c1-12-19(40-11-31-12)20-32-33-23(34(20)2)43-7-3-6-35-10-14-9-24(14,15-5-4-13(8-16(15)27)25(28,29)30)26(35)41-21(38)17(36)18(37)22(39)42-26/h4-5,8,11,14,17-18,36-37H,3,6-7,9-10H2,1-2H3. The van der Waals surface area contributed by atoms with Crippen LogP contribution in [0.5, 0.6) is 0 Å². The number of rotatable bonds is 7. The van der Waals surface area contributed by atoms with Gasteiger partial charge in [0.2, 0.25) is 5.82 Å². The fraction of sp³-hybridized carbons (Fsp3) is 0.500. The molecule has 0 bridgehead atoms. The van der Waals surface area contributed by atoms with Gasteiger partial charge in [-0.05, 0) is 37.8 Å². The van der Waals surface area contributed by atoms with Gasteiger partial charge in [-0.25, -0.2) is 23.9 Å². The van der Waals surface area contributed by atoms with E-state index in [1.807, 2.05) is 0 Å². The molecule has 1 saturated carbocycles. The molecule has 1 aliphatic carbocycles. The summed E-state index contributed by atoms with van der Waals surface area (Å²) in [6, 6.07) is 1.99. The molecule has 2 aromatic heterocycles. The summed E-state index contributed by atoms with van der Waals surface area (Å²) in [6.45, 7) is 2.04. The number of aliphatic hydroxyl groups excluding tert-OH is 2. The van der Waals surface area contributed by atoms with Gasteiger partial charge in [-0.2, -0.15) is 13.2 Å². The Kier molecular flexibility index (Phi) is 7.06. The second-order valence-electron chi connectivity index (χ2n) is 10.7. The Hall–Kier alpha value is -3.54. The average Bonchev–Trinajstić information content (AvgIpc) is 3.22. The number of hydrogen-bond donors (Lipinski definition) is 2. The minimum Gasteiger partial charge on any atom is -0.440 e. The third-order valence-electron chi connectivity index (χ3n) is 8.15. The number of ether oxygens (including phenoxy) is 2. The van der Waals surface area contributed by atoms with Crippen LogP contribution in [0.2, 0.25) is 0 Å². The van der Waals surface area contributed by atoms with Crippen molar-refractivity contribution in [3.63, 3.8) is 0 Å². The summed E-state index contributed by atoms with van der Waals surface area (Å²) in [4.78, 5) is 31.1. The molecule has 0 radical (unpaired) electrons. The molecule has 4 atom stereocenters. The van der Waals surface area contributed by atoms with Crippen LogP contribution in [0.3, 0.4) is 0 Å². The fourth-order valence-electron chi connectivity index (χ4n) is 5.95. The van der Waals surface area contributed by atoms with Crippen LogP contribution >= 0.6 is 11.8 Å². The predicted octanol–water partition coefficient (Wildman–Crippen LogP) is 2.17. The number of hydrogen-bond acceptors (Lipinski definition) is 12. The molecule has 0 amide bonds. The number of aryl methyl sites for hydroxylation is 1. The summed E-state index contributed by atoms with van der Waals surface area (Å²) in [5.74, 6) is -5.35. The van der Waals surface area contributed by atoms with E-state index >= 15 is 4.39 Å². The Bertz CT molecular complexity index is 1570. The topological polar surface area (TPSA) is 153 Å². The number of alkyl halides is 3. The molecule has 1 spiro atoms. The van der Waals surface area contributed by atoms with Crippen LogP contribution in [-0.2, 0) is 37.7 Å². The first-order chi connectivity index (χ1) is 20.3. The highest BCUT2D eigenvalue weighted by atomic mass is 32.2. The SMILES string of the molecule is Cc1ncoc1-c1nnc(SCCCN2CC3CC3(c3ccc(C(F)(F)F)cc3F)C23OC(=O)C(O)C(O)C(=O)O3)n1C. The van der Waals surface area contributed by atoms with Gasteiger partial charge in [-0.3, -0.25) is 0 Å². The molecule has 3 fully saturated rings. The first kappa shape index (κ1) is 29.5. The molecular weight excluding hydrogens is 602 g/mol. The average molecular weight is 628 g/mol. The van der Waals surface area contributed by atoms with E-state index in [-0.39, 0.29) is 25.1 Å². The molecule has 2 aliphatic heterocycles. The van der Waals surface area contributed by atoms with Crippen LogP contribution < -0.4 is 0 Å². The van der Waals surface area contributed by atoms with Crippen LogP contribution in [-0.4, -0.2) is 83.8 Å². The number of likely N-dealkylation sites (tertiary alicyclic amines) is 1. The molecule has 4 heterocycles. The van der Waals surface area contributed by atoms with E-state index in [1.54, 1.807) is 18.5 Å². The summed E-state index contributed by atoms with van der Waals surface area (Å²) in [5.41, 5.74) is -2.36. The number of fused-ring (bicyclic) bond motifs is 2. The summed E-state index contributed by atoms with van der Waals surface area (Å²) >= 11 is 1.35. The van der Waals surface area contributed by atoms with Gasteiger partial charge >= 0.3 is 24.0 Å². The number of thioether (sulfide) groups is 1. The normalized spacial score (nSPS) is 29.0. The molecule has 3 aliphatic rings. The number of benzene rings is 1. The molecular formula is C26H25F4N5O7S. The van der Waals surface area contributed by atoms with Crippen molar-refractivity contribution in [2.24, 2.45) is 13.0 Å². The molecule has 12 nitrogen and oxygen atoms in total. The predicted molar refractivity (Wildman–Crippen MR) is 136 cm³/mol. The zero-order valence-corrected chi connectivity index (χ0v) is 23.5. The molecule has 6 rings (SSSR count). The molecule has 1 aromatic carbocycles. The van der Waals surface area contributed by atoms with Crippen molar-refractivity contribution in [1.82, 2.24) is 24.6 Å². The quantitative estimate of drug-likeness (QED) is 0.171. The Balaban J connectivity index is 1.26. The van der Waals surface area contributed by atoms with Crippen molar-refractivity contribution in [1.29, 1.82) is 0 Å². The number of carbonyl (C=O) groups excluding carboxylic acids is 2. The fourth-order valence-corrected chi connectivity index (χ4v) is 6.79. The largest absolute Gasteiger partial charge is 0.440 e. The summed E-state index contributed by atoms with van der Waals surface area (Å²) in [6.07, 6.45) is -7.52. The first-order valence-electron chi connectivity index (χ1n) is 13.2. The zero-order valence-electron chi connectivity index (χ0n) is 22.7. The van der Waals surface area contributed by atoms with Gasteiger partial charge in [0, 0.05) is 31.5 Å². The lowest BCUT2D eigenvalue weighted by Gasteiger charge is -2.42. The number of oxazole rings is 1. The van der Waals surface area contributed by atoms with E-state index < -0.39 is 58.9 Å². The Morgan fingerprint density at radius 2 is 1.84 bits per heavy atom. The number of halogens is 4. The minimum atomic E-state index is -4.80. The van der Waals surface area contributed by atoms with Gasteiger partial charge in [0.25, 0.3) is 0 Å². The van der Waals surface area contributed by atoms with E-state index in [0.717, 1.165) is 6.07 Å². The highest BCUT2D eigenvalue weighted by Crippen LogP contribution is 2.69. The third-order valence-corrected chi connectivity index (χ3v) is 9.26. The van der Waals surface area contributed by atoms with Crippen LogP contribution in [0.1, 0.15) is 29.7 Å². The number of piperidine rings is 1. The number of carbonyl (C=O) groups is 2. The zero-order chi connectivity index (χ0) is 30.9. The second-order valence-corrected chi connectivity index (χ2v) is 11.7. The first-order valence-corrected chi connectivity index (χ1v) is 14.2. The lowest BCUT2D eigenvalue weighted by molar-refractivity contribution is -0.290. The third kappa shape index (κ3) is 4.60. The smallest absolute Gasteiger partial charge is 0.416 e. The molecule has 17 heteroatoms. The van der Waals surface area contributed by atoms with E-state index in [4.69, 9.17) is 13.9 Å². The molecule has 4 unspecified atom stereocenters. The molecule has 2 N–H and O–H groups in total. The monoisotopic (exact) mass is 627 g/mol. The Morgan fingerprint density at radius 3 is 2.44 bits per heavy atom.